The van der Waals surface area contributed by atoms with Gasteiger partial charge in [-0.2, -0.15) is 0 Å². The largest absolute Gasteiger partial charge is 0.496 e. The zero-order valence-electron chi connectivity index (χ0n) is 14.5. The van der Waals surface area contributed by atoms with Crippen molar-refractivity contribution in [1.29, 1.82) is 0 Å². The average molecular weight is 482 g/mol. The van der Waals surface area contributed by atoms with E-state index in [-0.39, 0.29) is 32.1 Å². The average Bonchev–Trinajstić information content (AvgIpc) is 2.71. The maximum atomic E-state index is 14.1. The molecule has 1 aliphatic rings. The zero-order chi connectivity index (χ0) is 20.6. The number of nitrogens with zero attached hydrogens (tertiary/aromatic N) is 2. The number of hydrogen-bond acceptors (Lipinski definition) is 3. The van der Waals surface area contributed by atoms with Crippen LogP contribution in [0.4, 0.5) is 23.2 Å². The number of piperazine rings is 1. The Kier molecular flexibility index (Phi) is 6.04. The second kappa shape index (κ2) is 8.16. The highest BCUT2D eigenvalue weighted by atomic mass is 79.9. The third-order valence-corrected chi connectivity index (χ3v) is 5.29. The number of carbonyl (C=O) groups excluding carboxylic acids is 1. The Morgan fingerprint density at radius 3 is 2.14 bits per heavy atom. The molecule has 3 rings (SSSR count). The van der Waals surface area contributed by atoms with Crippen molar-refractivity contribution in [3.8, 4) is 5.75 Å². The fraction of sp³-hybridized carbons (Fsp3) is 0.278. The van der Waals surface area contributed by atoms with Crippen molar-refractivity contribution in [2.75, 3.05) is 38.2 Å². The molecule has 2 aromatic carbocycles. The minimum absolute atomic E-state index is 0.0174. The van der Waals surface area contributed by atoms with E-state index in [0.717, 1.165) is 4.90 Å². The highest BCUT2D eigenvalue weighted by molar-refractivity contribution is 9.10. The number of halogens is 6. The SMILES string of the molecule is COc1ccc(Br)cc1C(=O)N1CCN(c2c(F)c(F)c(Cl)c(F)c2F)CC1. The predicted octanol–water partition coefficient (Wildman–Crippen LogP) is 4.63. The lowest BCUT2D eigenvalue weighted by atomic mass is 10.1. The summed E-state index contributed by atoms with van der Waals surface area (Å²) < 4.78 is 61.6. The molecule has 4 nitrogen and oxygen atoms in total. The fourth-order valence-corrected chi connectivity index (χ4v) is 3.55. The van der Waals surface area contributed by atoms with E-state index in [9.17, 15) is 22.4 Å². The molecule has 1 saturated heterocycles. The summed E-state index contributed by atoms with van der Waals surface area (Å²) >= 11 is 8.55. The lowest BCUT2D eigenvalue weighted by Gasteiger charge is -2.36. The molecule has 0 aliphatic carbocycles. The van der Waals surface area contributed by atoms with Gasteiger partial charge in [-0.25, -0.2) is 17.6 Å². The van der Waals surface area contributed by atoms with Crippen molar-refractivity contribution in [3.05, 3.63) is 56.5 Å². The van der Waals surface area contributed by atoms with E-state index in [1.165, 1.54) is 12.0 Å². The van der Waals surface area contributed by atoms with Crippen LogP contribution in [0.5, 0.6) is 5.75 Å². The van der Waals surface area contributed by atoms with Gasteiger partial charge in [0.15, 0.2) is 23.3 Å². The third kappa shape index (κ3) is 3.65. The number of amides is 1. The molecule has 1 fully saturated rings. The Bertz CT molecular complexity index is 907. The Hall–Kier alpha value is -2.00. The van der Waals surface area contributed by atoms with Crippen molar-refractivity contribution < 1.29 is 27.1 Å². The van der Waals surface area contributed by atoms with Crippen LogP contribution < -0.4 is 9.64 Å². The molecule has 0 atom stereocenters. The van der Waals surface area contributed by atoms with E-state index < -0.39 is 34.0 Å². The number of methoxy groups -OCH3 is 1. The maximum absolute atomic E-state index is 14.1. The number of hydrogen-bond donors (Lipinski definition) is 0. The van der Waals surface area contributed by atoms with Crippen molar-refractivity contribution in [2.45, 2.75) is 0 Å². The Balaban J connectivity index is 1.81. The van der Waals surface area contributed by atoms with Gasteiger partial charge in [-0.1, -0.05) is 27.5 Å². The summed E-state index contributed by atoms with van der Waals surface area (Å²) in [5.41, 5.74) is -0.502. The number of carbonyl (C=O) groups is 1. The van der Waals surface area contributed by atoms with Crippen molar-refractivity contribution in [1.82, 2.24) is 4.90 Å². The topological polar surface area (TPSA) is 32.8 Å². The quantitative estimate of drug-likeness (QED) is 0.364. The van der Waals surface area contributed by atoms with Crippen molar-refractivity contribution in [2.24, 2.45) is 0 Å². The van der Waals surface area contributed by atoms with E-state index in [1.807, 2.05) is 0 Å². The van der Waals surface area contributed by atoms with E-state index >= 15 is 0 Å². The second-order valence-electron chi connectivity index (χ2n) is 6.04. The third-order valence-electron chi connectivity index (χ3n) is 4.46. The molecule has 0 saturated carbocycles. The molecule has 10 heteroatoms. The summed E-state index contributed by atoms with van der Waals surface area (Å²) in [6, 6.07) is 4.97. The molecule has 0 N–H and O–H groups in total. The van der Waals surface area contributed by atoms with Crippen LogP contribution in [-0.4, -0.2) is 44.1 Å². The summed E-state index contributed by atoms with van der Waals surface area (Å²) in [5.74, 6) is -6.35. The summed E-state index contributed by atoms with van der Waals surface area (Å²) in [6.45, 7) is 0.158. The molecule has 1 aliphatic heterocycles. The van der Waals surface area contributed by atoms with Crippen LogP contribution in [0.3, 0.4) is 0 Å². The van der Waals surface area contributed by atoms with E-state index in [4.69, 9.17) is 16.3 Å². The van der Waals surface area contributed by atoms with Gasteiger partial charge in [0.25, 0.3) is 5.91 Å². The second-order valence-corrected chi connectivity index (χ2v) is 7.34. The van der Waals surface area contributed by atoms with E-state index in [2.05, 4.69) is 15.9 Å². The van der Waals surface area contributed by atoms with Crippen LogP contribution >= 0.6 is 27.5 Å². The standard InChI is InChI=1S/C18H14BrClF4N2O2/c1-28-11-3-2-9(19)8-10(11)18(27)26-6-4-25(5-7-26)17-15(23)13(21)12(20)14(22)16(17)24/h2-3,8H,4-7H2,1H3. The minimum atomic E-state index is -1.65. The Morgan fingerprint density at radius 2 is 1.61 bits per heavy atom. The van der Waals surface area contributed by atoms with E-state index in [0.29, 0.717) is 15.8 Å². The summed E-state index contributed by atoms with van der Waals surface area (Å²) in [6.07, 6.45) is 0. The minimum Gasteiger partial charge on any atom is -0.496 e. The fourth-order valence-electron chi connectivity index (χ4n) is 3.02. The summed E-state index contributed by atoms with van der Waals surface area (Å²) in [7, 11) is 1.44. The first-order chi connectivity index (χ1) is 13.3. The number of rotatable bonds is 3. The molecule has 150 valence electrons. The number of ether oxygens (including phenoxy) is 1. The van der Waals surface area contributed by atoms with Crippen LogP contribution in [0, 0.1) is 23.3 Å². The highest BCUT2D eigenvalue weighted by Crippen LogP contribution is 2.34. The molecular weight excluding hydrogens is 468 g/mol. The molecule has 1 amide bonds. The molecule has 1 heterocycles. The van der Waals surface area contributed by atoms with Gasteiger partial charge in [0.05, 0.1) is 12.7 Å². The monoisotopic (exact) mass is 480 g/mol. The molecule has 28 heavy (non-hydrogen) atoms. The zero-order valence-corrected chi connectivity index (χ0v) is 16.9. The molecule has 0 aromatic heterocycles. The first kappa shape index (κ1) is 20.7. The normalized spacial score (nSPS) is 14.4. The van der Waals surface area contributed by atoms with Crippen LogP contribution in [-0.2, 0) is 0 Å². The Labute approximate surface area is 171 Å². The molecule has 0 spiro atoms. The maximum Gasteiger partial charge on any atom is 0.257 e. The van der Waals surface area contributed by atoms with Gasteiger partial charge in [0.1, 0.15) is 16.5 Å². The first-order valence-corrected chi connectivity index (χ1v) is 9.32. The van der Waals surface area contributed by atoms with Gasteiger partial charge in [0, 0.05) is 30.7 Å². The lowest BCUT2D eigenvalue weighted by molar-refractivity contribution is 0.0743. The molecule has 2 aromatic rings. The molecule has 0 radical (unpaired) electrons. The Morgan fingerprint density at radius 1 is 1.04 bits per heavy atom. The van der Waals surface area contributed by atoms with E-state index in [1.54, 1.807) is 18.2 Å². The van der Waals surface area contributed by atoms with Gasteiger partial charge >= 0.3 is 0 Å². The van der Waals surface area contributed by atoms with Gasteiger partial charge in [-0.15, -0.1) is 0 Å². The lowest BCUT2D eigenvalue weighted by Crippen LogP contribution is -2.49. The van der Waals surface area contributed by atoms with Gasteiger partial charge in [-0.3, -0.25) is 4.79 Å². The van der Waals surface area contributed by atoms with Crippen LogP contribution in [0.2, 0.25) is 5.02 Å². The van der Waals surface area contributed by atoms with Crippen molar-refractivity contribution in [3.63, 3.8) is 0 Å². The van der Waals surface area contributed by atoms with Crippen LogP contribution in [0.25, 0.3) is 0 Å². The summed E-state index contributed by atoms with van der Waals surface area (Å²) in [5, 5.41) is -1.23. The first-order valence-electron chi connectivity index (χ1n) is 8.15. The van der Waals surface area contributed by atoms with Gasteiger partial charge < -0.3 is 14.5 Å². The highest BCUT2D eigenvalue weighted by Gasteiger charge is 2.31. The number of anilines is 1. The van der Waals surface area contributed by atoms with Gasteiger partial charge in [-0.05, 0) is 18.2 Å². The smallest absolute Gasteiger partial charge is 0.257 e. The van der Waals surface area contributed by atoms with Crippen LogP contribution in [0.1, 0.15) is 10.4 Å². The van der Waals surface area contributed by atoms with Gasteiger partial charge in [0.2, 0.25) is 0 Å². The predicted molar refractivity (Wildman–Crippen MR) is 100 cm³/mol. The van der Waals surface area contributed by atoms with Crippen LogP contribution in [0.15, 0.2) is 22.7 Å². The molecule has 0 unspecified atom stereocenters. The molecule has 0 bridgehead atoms. The van der Waals surface area contributed by atoms with Crippen molar-refractivity contribution >= 4 is 39.1 Å². The number of benzene rings is 2. The summed E-state index contributed by atoms with van der Waals surface area (Å²) in [4.78, 5) is 15.4. The molecular formula is C18H14BrClF4N2O2.